The van der Waals surface area contributed by atoms with Crippen LogP contribution in [0.4, 0.5) is 0 Å². The van der Waals surface area contributed by atoms with Crippen LogP contribution in [0.15, 0.2) is 199 Å². The summed E-state index contributed by atoms with van der Waals surface area (Å²) in [6.07, 6.45) is 0. The predicted molar refractivity (Wildman–Crippen MR) is 231 cm³/mol. The van der Waals surface area contributed by atoms with Crippen molar-refractivity contribution in [2.75, 3.05) is 0 Å². The molecule has 3 heteroatoms. The third-order valence-corrected chi connectivity index (χ3v) is 11.5. The van der Waals surface area contributed by atoms with Gasteiger partial charge >= 0.3 is 0 Å². The highest BCUT2D eigenvalue weighted by Crippen LogP contribution is 2.41. The molecule has 0 aliphatic carbocycles. The monoisotopic (exact) mass is 700 g/mol. The number of benzene rings is 9. The number of para-hydroxylation sites is 3. The molecule has 0 atom stereocenters. The molecule has 0 radical (unpaired) electrons. The number of rotatable bonds is 4. The van der Waals surface area contributed by atoms with E-state index in [0.29, 0.717) is 0 Å². The van der Waals surface area contributed by atoms with Gasteiger partial charge in [0.05, 0.1) is 27.8 Å². The summed E-state index contributed by atoms with van der Waals surface area (Å²) < 4.78 is 11.3. The van der Waals surface area contributed by atoms with Crippen LogP contribution in [0, 0.1) is 0 Å². The van der Waals surface area contributed by atoms with Gasteiger partial charge in [0.2, 0.25) is 0 Å². The van der Waals surface area contributed by atoms with Crippen LogP contribution < -0.4 is 0 Å². The van der Waals surface area contributed by atoms with Crippen LogP contribution in [0.3, 0.4) is 0 Å². The Labute approximate surface area is 316 Å². The van der Waals surface area contributed by atoms with Crippen molar-refractivity contribution in [2.45, 2.75) is 0 Å². The fourth-order valence-electron chi connectivity index (χ4n) is 8.92. The molecule has 12 aromatic rings. The zero-order valence-electron chi connectivity index (χ0n) is 29.8. The van der Waals surface area contributed by atoms with Gasteiger partial charge in [-0.2, -0.15) is 0 Å². The van der Waals surface area contributed by atoms with Crippen molar-refractivity contribution in [1.82, 2.24) is 9.13 Å². The van der Waals surface area contributed by atoms with Crippen LogP contribution in [0.25, 0.3) is 110 Å². The van der Waals surface area contributed by atoms with E-state index >= 15 is 0 Å². The normalized spacial score (nSPS) is 12.0. The minimum Gasteiger partial charge on any atom is -0.454 e. The first-order valence-electron chi connectivity index (χ1n) is 18.8. The summed E-state index contributed by atoms with van der Waals surface area (Å²) in [6, 6.07) is 70.3. The Morgan fingerprint density at radius 3 is 1.67 bits per heavy atom. The molecular formula is C52H32N2O. The Morgan fingerprint density at radius 1 is 0.309 bits per heavy atom. The van der Waals surface area contributed by atoms with E-state index in [1.54, 1.807) is 0 Å². The third kappa shape index (κ3) is 4.50. The molecule has 55 heavy (non-hydrogen) atoms. The Balaban J connectivity index is 1.05. The maximum atomic E-state index is 6.54. The van der Waals surface area contributed by atoms with Gasteiger partial charge in [-0.15, -0.1) is 0 Å². The average Bonchev–Trinajstić information content (AvgIpc) is 3.90. The van der Waals surface area contributed by atoms with E-state index in [9.17, 15) is 0 Å². The largest absolute Gasteiger partial charge is 0.454 e. The molecule has 0 spiro atoms. The van der Waals surface area contributed by atoms with Crippen molar-refractivity contribution in [1.29, 1.82) is 0 Å². The summed E-state index contributed by atoms with van der Waals surface area (Å²) in [6.45, 7) is 0. The molecule has 0 unspecified atom stereocenters. The van der Waals surface area contributed by atoms with Crippen molar-refractivity contribution in [3.05, 3.63) is 194 Å². The first kappa shape index (κ1) is 30.1. The van der Waals surface area contributed by atoms with Gasteiger partial charge in [-0.1, -0.05) is 127 Å². The van der Waals surface area contributed by atoms with E-state index in [1.165, 1.54) is 65.6 Å². The number of aromatic nitrogens is 2. The van der Waals surface area contributed by atoms with Gasteiger partial charge in [0.1, 0.15) is 5.58 Å². The molecule has 0 bridgehead atoms. The van der Waals surface area contributed by atoms with Gasteiger partial charge in [0.25, 0.3) is 0 Å². The smallest absolute Gasteiger partial charge is 0.159 e. The van der Waals surface area contributed by atoms with Crippen molar-refractivity contribution in [3.8, 4) is 33.6 Å². The van der Waals surface area contributed by atoms with E-state index in [1.807, 2.05) is 6.07 Å². The number of nitrogens with zero attached hydrogens (tertiary/aromatic N) is 2. The molecule has 0 aliphatic rings. The lowest BCUT2D eigenvalue weighted by Gasteiger charge is -2.11. The lowest BCUT2D eigenvalue weighted by Crippen LogP contribution is -1.94. The van der Waals surface area contributed by atoms with Gasteiger partial charge in [-0.3, -0.25) is 0 Å². The minimum absolute atomic E-state index is 0.902. The first-order valence-corrected chi connectivity index (χ1v) is 18.8. The van der Waals surface area contributed by atoms with Crippen LogP contribution in [0.2, 0.25) is 0 Å². The molecule has 12 rings (SSSR count). The van der Waals surface area contributed by atoms with Gasteiger partial charge < -0.3 is 13.6 Å². The molecule has 0 fully saturated rings. The highest BCUT2D eigenvalue weighted by Gasteiger charge is 2.19. The lowest BCUT2D eigenvalue weighted by atomic mass is 10.00. The minimum atomic E-state index is 0.902. The number of fused-ring (bicyclic) bond motifs is 10. The first-order chi connectivity index (χ1) is 27.3. The number of hydrogen-bond acceptors (Lipinski definition) is 1. The fraction of sp³-hybridized carbons (Fsp3) is 0. The Morgan fingerprint density at radius 2 is 0.873 bits per heavy atom. The molecule has 9 aromatic carbocycles. The van der Waals surface area contributed by atoms with Gasteiger partial charge in [0.15, 0.2) is 5.58 Å². The van der Waals surface area contributed by atoms with Crippen LogP contribution in [-0.2, 0) is 0 Å². The molecular weight excluding hydrogens is 669 g/mol. The maximum Gasteiger partial charge on any atom is 0.159 e. The van der Waals surface area contributed by atoms with Gasteiger partial charge in [0, 0.05) is 38.0 Å². The lowest BCUT2D eigenvalue weighted by molar-refractivity contribution is 0.666. The van der Waals surface area contributed by atoms with E-state index in [0.717, 1.165) is 44.3 Å². The molecule has 0 amide bonds. The summed E-state index contributed by atoms with van der Waals surface area (Å²) >= 11 is 0. The molecule has 0 N–H and O–H groups in total. The summed E-state index contributed by atoms with van der Waals surface area (Å²) in [5.41, 5.74) is 13.5. The number of furan rings is 1. The van der Waals surface area contributed by atoms with Crippen molar-refractivity contribution < 1.29 is 4.42 Å². The van der Waals surface area contributed by atoms with Crippen LogP contribution >= 0.6 is 0 Å². The second kappa shape index (κ2) is 11.6. The Hall–Kier alpha value is -7.36. The van der Waals surface area contributed by atoms with Crippen molar-refractivity contribution in [3.63, 3.8) is 0 Å². The van der Waals surface area contributed by atoms with Crippen LogP contribution in [0.1, 0.15) is 0 Å². The second-order valence-corrected chi connectivity index (χ2v) is 14.5. The fourth-order valence-corrected chi connectivity index (χ4v) is 8.92. The van der Waals surface area contributed by atoms with Crippen molar-refractivity contribution in [2.24, 2.45) is 0 Å². The van der Waals surface area contributed by atoms with Gasteiger partial charge in [-0.05, 0) is 99.8 Å². The highest BCUT2D eigenvalue weighted by atomic mass is 16.3. The summed E-state index contributed by atoms with van der Waals surface area (Å²) in [4.78, 5) is 0. The van der Waals surface area contributed by atoms with Gasteiger partial charge in [-0.25, -0.2) is 0 Å². The van der Waals surface area contributed by atoms with Crippen LogP contribution in [0.5, 0.6) is 0 Å². The standard InChI is InChI=1S/C52H32N2O/c1-2-11-33(12-3-1)34-21-25-39(26-22-34)53-47-27-23-38(31-44(47)45-29-35-13-4-5-14-36(35)32-50(45)53)37-24-28-48-43(30-37)40-15-6-8-18-46(40)54(48)49-19-10-17-42-41-16-7-9-20-51(41)55-52(42)49/h1-32H. The SMILES string of the molecule is c1ccc(-c2ccc(-n3c4ccc(-c5ccc6c(c5)c5ccccc5n6-c5cccc6c5oc5ccccc56)cc4c4cc5ccccc5cc43)cc2)cc1. The third-order valence-electron chi connectivity index (χ3n) is 11.5. The summed E-state index contributed by atoms with van der Waals surface area (Å²) in [7, 11) is 0. The topological polar surface area (TPSA) is 23.0 Å². The van der Waals surface area contributed by atoms with E-state index in [-0.39, 0.29) is 0 Å². The quantitative estimate of drug-likeness (QED) is 0.179. The predicted octanol–water partition coefficient (Wildman–Crippen LogP) is 14.3. The summed E-state index contributed by atoms with van der Waals surface area (Å²) in [5, 5.41) is 9.67. The van der Waals surface area contributed by atoms with Crippen LogP contribution in [-0.4, -0.2) is 9.13 Å². The Bertz CT molecular complexity index is 3470. The number of hydrogen-bond donors (Lipinski definition) is 0. The molecule has 0 aliphatic heterocycles. The molecule has 0 saturated heterocycles. The molecule has 0 saturated carbocycles. The summed E-state index contributed by atoms with van der Waals surface area (Å²) in [5.74, 6) is 0. The zero-order chi connectivity index (χ0) is 36.0. The van der Waals surface area contributed by atoms with Crippen molar-refractivity contribution >= 4 is 76.3 Å². The zero-order valence-corrected chi connectivity index (χ0v) is 29.8. The molecule has 256 valence electrons. The molecule has 3 aromatic heterocycles. The average molecular weight is 701 g/mol. The molecule has 3 heterocycles. The van der Waals surface area contributed by atoms with E-state index in [4.69, 9.17) is 4.42 Å². The highest BCUT2D eigenvalue weighted by molar-refractivity contribution is 6.16. The Kier molecular flexibility index (Phi) is 6.34. The molecule has 3 nitrogen and oxygen atoms in total. The maximum absolute atomic E-state index is 6.54. The van der Waals surface area contributed by atoms with E-state index < -0.39 is 0 Å². The van der Waals surface area contributed by atoms with E-state index in [2.05, 4.69) is 197 Å². The second-order valence-electron chi connectivity index (χ2n) is 14.5.